The monoisotopic (exact) mass is 330 g/mol. The molecule has 1 atom stereocenters. The topological polar surface area (TPSA) is 58.6 Å². The molecule has 0 N–H and O–H groups in total. The summed E-state index contributed by atoms with van der Waals surface area (Å²) in [4.78, 5) is 23.8. The van der Waals surface area contributed by atoms with Crippen molar-refractivity contribution in [2.24, 2.45) is 0 Å². The highest BCUT2D eigenvalue weighted by atomic mass is 19.1. The number of carbonyl (C=O) groups is 1. The third-order valence-electron chi connectivity index (χ3n) is 4.03. The van der Waals surface area contributed by atoms with Gasteiger partial charge in [-0.15, -0.1) is 0 Å². The third kappa shape index (κ3) is 3.45. The number of anilines is 1. The first-order valence-corrected chi connectivity index (χ1v) is 7.81. The zero-order chi connectivity index (χ0) is 17.1. The van der Waals surface area contributed by atoms with E-state index in [9.17, 15) is 9.18 Å². The molecule has 0 spiro atoms. The summed E-state index contributed by atoms with van der Waals surface area (Å²) >= 11 is 0. The molecule has 7 heteroatoms. The number of para-hydroxylation sites is 1. The van der Waals surface area contributed by atoms with Crippen LogP contribution in [0.15, 0.2) is 36.7 Å². The zero-order valence-electron chi connectivity index (χ0n) is 13.6. The van der Waals surface area contributed by atoms with Gasteiger partial charge in [0.1, 0.15) is 12.1 Å². The fraction of sp³-hybridized carbons (Fsp3) is 0.353. The molecule has 0 bridgehead atoms. The van der Waals surface area contributed by atoms with Crippen LogP contribution in [0.25, 0.3) is 0 Å². The summed E-state index contributed by atoms with van der Waals surface area (Å²) in [5.41, 5.74) is 0. The van der Waals surface area contributed by atoms with E-state index in [1.165, 1.54) is 12.4 Å². The van der Waals surface area contributed by atoms with Crippen molar-refractivity contribution in [2.75, 3.05) is 24.5 Å². The number of rotatable bonds is 3. The van der Waals surface area contributed by atoms with E-state index < -0.39 is 5.82 Å². The van der Waals surface area contributed by atoms with Gasteiger partial charge in [0.05, 0.1) is 0 Å². The third-order valence-corrected chi connectivity index (χ3v) is 4.03. The molecule has 1 aliphatic heterocycles. The number of carbonyl (C=O) groups excluding carboxylic acids is 1. The number of halogens is 1. The molecule has 0 aliphatic carbocycles. The molecule has 3 rings (SSSR count). The standard InChI is InChI=1S/C17H19FN4O2/c1-12-10-21(7-8-22(12)13(2)23)16-9-17(20-11-19-16)24-15-6-4-3-5-14(15)18/h3-6,9,11-12H,7-8,10H2,1-2H3. The van der Waals surface area contributed by atoms with Gasteiger partial charge in [-0.2, -0.15) is 0 Å². The lowest BCUT2D eigenvalue weighted by Crippen LogP contribution is -2.53. The van der Waals surface area contributed by atoms with Crippen LogP contribution in [0.2, 0.25) is 0 Å². The van der Waals surface area contributed by atoms with Gasteiger partial charge in [0.2, 0.25) is 11.8 Å². The number of hydrogen-bond donors (Lipinski definition) is 0. The molecule has 2 heterocycles. The van der Waals surface area contributed by atoms with Gasteiger partial charge in [0.15, 0.2) is 11.6 Å². The smallest absolute Gasteiger partial charge is 0.224 e. The average molecular weight is 330 g/mol. The van der Waals surface area contributed by atoms with Crippen LogP contribution in [0.3, 0.4) is 0 Å². The minimum Gasteiger partial charge on any atom is -0.436 e. The summed E-state index contributed by atoms with van der Waals surface area (Å²) in [6.45, 7) is 5.59. The number of benzene rings is 1. The van der Waals surface area contributed by atoms with Gasteiger partial charge in [0.25, 0.3) is 0 Å². The molecular weight excluding hydrogens is 311 g/mol. The molecule has 2 aromatic rings. The largest absolute Gasteiger partial charge is 0.436 e. The van der Waals surface area contributed by atoms with Crippen LogP contribution in [0.4, 0.5) is 10.2 Å². The Hall–Kier alpha value is -2.70. The van der Waals surface area contributed by atoms with Gasteiger partial charge in [-0.3, -0.25) is 4.79 Å². The first kappa shape index (κ1) is 16.2. The van der Waals surface area contributed by atoms with Crippen molar-refractivity contribution in [3.05, 3.63) is 42.5 Å². The van der Waals surface area contributed by atoms with Crippen molar-refractivity contribution in [1.29, 1.82) is 0 Å². The van der Waals surface area contributed by atoms with E-state index in [1.807, 2.05) is 11.8 Å². The summed E-state index contributed by atoms with van der Waals surface area (Å²) in [6, 6.07) is 7.96. The highest BCUT2D eigenvalue weighted by Crippen LogP contribution is 2.25. The lowest BCUT2D eigenvalue weighted by Gasteiger charge is -2.39. The van der Waals surface area contributed by atoms with E-state index in [0.717, 1.165) is 0 Å². The molecular formula is C17H19FN4O2. The van der Waals surface area contributed by atoms with Crippen molar-refractivity contribution in [3.63, 3.8) is 0 Å². The summed E-state index contributed by atoms with van der Waals surface area (Å²) in [5, 5.41) is 0. The molecule has 0 saturated carbocycles. The van der Waals surface area contributed by atoms with E-state index in [2.05, 4.69) is 14.9 Å². The molecule has 1 fully saturated rings. The van der Waals surface area contributed by atoms with Gasteiger partial charge in [0, 0.05) is 38.7 Å². The Kier molecular flexibility index (Phi) is 4.59. The van der Waals surface area contributed by atoms with Gasteiger partial charge in [-0.25, -0.2) is 14.4 Å². The second-order valence-electron chi connectivity index (χ2n) is 5.75. The second kappa shape index (κ2) is 6.82. The minimum atomic E-state index is -0.443. The minimum absolute atomic E-state index is 0.0772. The number of amides is 1. The molecule has 1 unspecified atom stereocenters. The lowest BCUT2D eigenvalue weighted by atomic mass is 10.2. The lowest BCUT2D eigenvalue weighted by molar-refractivity contribution is -0.131. The average Bonchev–Trinajstić information content (AvgIpc) is 2.57. The number of aromatic nitrogens is 2. The fourth-order valence-electron chi connectivity index (χ4n) is 2.83. The van der Waals surface area contributed by atoms with E-state index in [4.69, 9.17) is 4.74 Å². The first-order valence-electron chi connectivity index (χ1n) is 7.81. The quantitative estimate of drug-likeness (QED) is 0.865. The van der Waals surface area contributed by atoms with Crippen molar-refractivity contribution in [2.45, 2.75) is 19.9 Å². The molecule has 24 heavy (non-hydrogen) atoms. The van der Waals surface area contributed by atoms with E-state index >= 15 is 0 Å². The maximum atomic E-state index is 13.7. The SMILES string of the molecule is CC(=O)N1CCN(c2cc(Oc3ccccc3F)ncn2)CC1C. The highest BCUT2D eigenvalue weighted by molar-refractivity contribution is 5.74. The van der Waals surface area contributed by atoms with Crippen molar-refractivity contribution in [1.82, 2.24) is 14.9 Å². The zero-order valence-corrected chi connectivity index (χ0v) is 13.6. The Morgan fingerprint density at radius 1 is 1.29 bits per heavy atom. The Labute approximate surface area is 139 Å². The van der Waals surface area contributed by atoms with Gasteiger partial charge < -0.3 is 14.5 Å². The highest BCUT2D eigenvalue weighted by Gasteiger charge is 2.26. The van der Waals surface area contributed by atoms with Crippen LogP contribution in [0.5, 0.6) is 11.6 Å². The van der Waals surface area contributed by atoms with Crippen molar-refractivity contribution < 1.29 is 13.9 Å². The Bertz CT molecular complexity index is 740. The molecule has 0 radical (unpaired) electrons. The Morgan fingerprint density at radius 2 is 2.08 bits per heavy atom. The van der Waals surface area contributed by atoms with Crippen LogP contribution >= 0.6 is 0 Å². The molecule has 1 amide bonds. The van der Waals surface area contributed by atoms with Gasteiger partial charge in [-0.05, 0) is 19.1 Å². The van der Waals surface area contributed by atoms with Gasteiger partial charge in [-0.1, -0.05) is 12.1 Å². The predicted octanol–water partition coefficient (Wildman–Crippen LogP) is 2.47. The maximum absolute atomic E-state index is 13.7. The van der Waals surface area contributed by atoms with Crippen LogP contribution < -0.4 is 9.64 Å². The first-order chi connectivity index (χ1) is 11.5. The number of nitrogens with zero attached hydrogens (tertiary/aromatic N) is 4. The molecule has 126 valence electrons. The van der Waals surface area contributed by atoms with Gasteiger partial charge >= 0.3 is 0 Å². The van der Waals surface area contributed by atoms with E-state index in [1.54, 1.807) is 31.2 Å². The fourth-order valence-corrected chi connectivity index (χ4v) is 2.83. The number of hydrogen-bond acceptors (Lipinski definition) is 5. The van der Waals surface area contributed by atoms with Crippen LogP contribution in [0.1, 0.15) is 13.8 Å². The van der Waals surface area contributed by atoms with Crippen LogP contribution in [-0.2, 0) is 4.79 Å². The molecule has 6 nitrogen and oxygen atoms in total. The van der Waals surface area contributed by atoms with E-state index in [0.29, 0.717) is 25.5 Å². The number of piperazine rings is 1. The summed E-state index contributed by atoms with van der Waals surface area (Å²) in [7, 11) is 0. The van der Waals surface area contributed by atoms with Crippen LogP contribution in [-0.4, -0.2) is 46.5 Å². The molecule has 1 aliphatic rings. The van der Waals surface area contributed by atoms with Crippen molar-refractivity contribution in [3.8, 4) is 11.6 Å². The molecule has 1 saturated heterocycles. The summed E-state index contributed by atoms with van der Waals surface area (Å²) < 4.78 is 19.2. The van der Waals surface area contributed by atoms with Crippen LogP contribution in [0, 0.1) is 5.82 Å². The normalized spacial score (nSPS) is 17.7. The van der Waals surface area contributed by atoms with E-state index in [-0.39, 0.29) is 23.6 Å². The summed E-state index contributed by atoms with van der Waals surface area (Å²) in [5.74, 6) is 0.741. The van der Waals surface area contributed by atoms with Crippen molar-refractivity contribution >= 4 is 11.7 Å². The Morgan fingerprint density at radius 3 is 2.79 bits per heavy atom. The second-order valence-corrected chi connectivity index (χ2v) is 5.75. The maximum Gasteiger partial charge on any atom is 0.224 e. The predicted molar refractivity (Wildman–Crippen MR) is 87.6 cm³/mol. The number of ether oxygens (including phenoxy) is 1. The molecule has 1 aromatic carbocycles. The molecule has 1 aromatic heterocycles. The summed E-state index contributed by atoms with van der Waals surface area (Å²) in [6.07, 6.45) is 1.40. The Balaban J connectivity index is 1.74.